The van der Waals surface area contributed by atoms with E-state index in [9.17, 15) is 19.5 Å². The molecule has 44 heavy (non-hydrogen) atoms. The maximum atomic E-state index is 14.1. The molecule has 2 N–H and O–H groups in total. The number of methoxy groups -OCH3 is 1. The Morgan fingerprint density at radius 3 is 2.39 bits per heavy atom. The Balaban J connectivity index is 1.42. The molecule has 2 aliphatic heterocycles. The number of carbonyl (C=O) groups is 3. The van der Waals surface area contributed by atoms with Gasteiger partial charge in [0.25, 0.3) is 11.8 Å². The largest absolute Gasteiger partial charge is 0.476 e. The number of nitrogens with one attached hydrogen (secondary N) is 1. The van der Waals surface area contributed by atoms with Gasteiger partial charge in [-0.3, -0.25) is 19.3 Å². The molecular formula is C34H42N4O6. The fourth-order valence-corrected chi connectivity index (χ4v) is 6.34. The van der Waals surface area contributed by atoms with Crippen LogP contribution in [0.2, 0.25) is 0 Å². The van der Waals surface area contributed by atoms with Gasteiger partial charge < -0.3 is 24.8 Å². The van der Waals surface area contributed by atoms with E-state index in [4.69, 9.17) is 14.5 Å². The molecule has 2 aromatic rings. The van der Waals surface area contributed by atoms with Gasteiger partial charge in [0.1, 0.15) is 31.9 Å². The molecule has 0 radical (unpaired) electrons. The summed E-state index contributed by atoms with van der Waals surface area (Å²) in [7, 11) is 1.43. The average molecular weight is 603 g/mol. The Morgan fingerprint density at radius 1 is 1.09 bits per heavy atom. The standard InChI is InChI=1S/C34H42N4O6/c1-23(2)30-33(42)37(27(25-14-8-5-9-15-25)19-38(30)29(40)21-43-3)20-28(39)35-26(18-24-12-6-4-7-13-24)31(41)32-36-34(22-44-32)16-10-11-17-34/h4-9,12-15,19,23,26,30-31,41H,10-11,16-18,20-22H2,1-3H3,(H,35,39). The van der Waals surface area contributed by atoms with Crippen molar-refractivity contribution in [2.45, 2.75) is 69.7 Å². The first kappa shape index (κ1) is 31.4. The van der Waals surface area contributed by atoms with Gasteiger partial charge in [0.15, 0.2) is 0 Å². The van der Waals surface area contributed by atoms with E-state index in [1.165, 1.54) is 16.9 Å². The molecule has 5 rings (SSSR count). The Hall–Kier alpha value is -4.02. The molecule has 10 nitrogen and oxygen atoms in total. The number of nitrogens with zero attached hydrogens (tertiary/aromatic N) is 3. The van der Waals surface area contributed by atoms with Crippen LogP contribution in [0.4, 0.5) is 0 Å². The van der Waals surface area contributed by atoms with Gasteiger partial charge in [-0.2, -0.15) is 0 Å². The van der Waals surface area contributed by atoms with E-state index in [0.29, 0.717) is 24.3 Å². The van der Waals surface area contributed by atoms with Crippen molar-refractivity contribution in [3.63, 3.8) is 0 Å². The minimum Gasteiger partial charge on any atom is -0.476 e. The van der Waals surface area contributed by atoms with Gasteiger partial charge in [-0.15, -0.1) is 0 Å². The second kappa shape index (κ2) is 13.7. The predicted molar refractivity (Wildman–Crippen MR) is 166 cm³/mol. The number of benzene rings is 2. The third kappa shape index (κ3) is 6.87. The minimum atomic E-state index is -1.16. The summed E-state index contributed by atoms with van der Waals surface area (Å²) in [5.41, 5.74) is 1.75. The second-order valence-corrected chi connectivity index (χ2v) is 12.2. The topological polar surface area (TPSA) is 121 Å². The van der Waals surface area contributed by atoms with Crippen molar-refractivity contribution in [2.75, 3.05) is 26.9 Å². The van der Waals surface area contributed by atoms with Crippen molar-refractivity contribution < 1.29 is 29.0 Å². The van der Waals surface area contributed by atoms with Crippen molar-refractivity contribution in [1.82, 2.24) is 15.1 Å². The van der Waals surface area contributed by atoms with E-state index >= 15 is 0 Å². The number of aliphatic imine (C=N–C) groups is 1. The summed E-state index contributed by atoms with van der Waals surface area (Å²) in [4.78, 5) is 48.5. The molecule has 3 aliphatic rings. The highest BCUT2D eigenvalue weighted by Gasteiger charge is 2.44. The summed E-state index contributed by atoms with van der Waals surface area (Å²) in [6.07, 6.45) is 4.81. The van der Waals surface area contributed by atoms with Crippen molar-refractivity contribution in [3.05, 3.63) is 78.0 Å². The lowest BCUT2D eigenvalue weighted by Gasteiger charge is -2.41. The van der Waals surface area contributed by atoms with Crippen LogP contribution in [0.25, 0.3) is 5.70 Å². The molecule has 3 unspecified atom stereocenters. The summed E-state index contributed by atoms with van der Waals surface area (Å²) >= 11 is 0. The number of aliphatic hydroxyl groups is 1. The lowest BCUT2D eigenvalue weighted by atomic mass is 9.96. The van der Waals surface area contributed by atoms with E-state index in [-0.39, 0.29) is 42.3 Å². The van der Waals surface area contributed by atoms with Crippen LogP contribution >= 0.6 is 0 Å². The molecule has 1 aliphatic carbocycles. The van der Waals surface area contributed by atoms with Crippen molar-refractivity contribution in [3.8, 4) is 0 Å². The molecule has 3 atom stereocenters. The number of aliphatic hydroxyl groups excluding tert-OH is 1. The molecule has 1 spiro atoms. The molecule has 0 saturated heterocycles. The normalized spacial score (nSPS) is 20.8. The SMILES string of the molecule is COCC(=O)N1C=C(c2ccccc2)N(CC(=O)NC(Cc2ccccc2)C(O)C2=NC3(CCCC3)CO2)C(=O)C1C(C)C. The van der Waals surface area contributed by atoms with E-state index in [1.807, 2.05) is 74.5 Å². The molecular weight excluding hydrogens is 560 g/mol. The first-order valence-electron chi connectivity index (χ1n) is 15.3. The molecule has 2 heterocycles. The molecule has 1 fully saturated rings. The Labute approximate surface area is 258 Å². The van der Waals surface area contributed by atoms with Crippen LogP contribution in [-0.2, 0) is 30.3 Å². The van der Waals surface area contributed by atoms with Crippen molar-refractivity contribution in [1.29, 1.82) is 0 Å². The van der Waals surface area contributed by atoms with Gasteiger partial charge in [0, 0.05) is 13.3 Å². The molecule has 0 bridgehead atoms. The highest BCUT2D eigenvalue weighted by atomic mass is 16.5. The van der Waals surface area contributed by atoms with E-state index in [0.717, 1.165) is 31.2 Å². The number of hydrogen-bond acceptors (Lipinski definition) is 7. The maximum Gasteiger partial charge on any atom is 0.253 e. The fraction of sp³-hybridized carbons (Fsp3) is 0.471. The molecule has 1 saturated carbocycles. The second-order valence-electron chi connectivity index (χ2n) is 12.2. The lowest BCUT2D eigenvalue weighted by molar-refractivity contribution is -0.147. The molecule has 0 aromatic heterocycles. The smallest absolute Gasteiger partial charge is 0.253 e. The van der Waals surface area contributed by atoms with Crippen LogP contribution in [0, 0.1) is 5.92 Å². The van der Waals surface area contributed by atoms with Gasteiger partial charge >= 0.3 is 0 Å². The summed E-state index contributed by atoms with van der Waals surface area (Å²) in [6, 6.07) is 17.2. The van der Waals surface area contributed by atoms with Gasteiger partial charge in [-0.1, -0.05) is 87.4 Å². The quantitative estimate of drug-likeness (QED) is 0.408. The summed E-state index contributed by atoms with van der Waals surface area (Å²) in [5, 5.41) is 14.5. The number of rotatable bonds is 11. The summed E-state index contributed by atoms with van der Waals surface area (Å²) in [5.74, 6) is -1.14. The van der Waals surface area contributed by atoms with Crippen LogP contribution in [-0.4, -0.2) is 89.1 Å². The zero-order chi connectivity index (χ0) is 31.3. The third-order valence-corrected chi connectivity index (χ3v) is 8.58. The third-order valence-electron chi connectivity index (χ3n) is 8.58. The minimum absolute atomic E-state index is 0.179. The first-order chi connectivity index (χ1) is 21.2. The number of hydrogen-bond donors (Lipinski definition) is 2. The Bertz CT molecular complexity index is 1390. The van der Waals surface area contributed by atoms with E-state index in [1.54, 1.807) is 6.20 Å². The highest BCUT2D eigenvalue weighted by Crippen LogP contribution is 2.37. The van der Waals surface area contributed by atoms with Gasteiger partial charge in [0.05, 0.1) is 17.3 Å². The van der Waals surface area contributed by atoms with Crippen molar-refractivity contribution in [2.24, 2.45) is 10.9 Å². The Morgan fingerprint density at radius 2 is 1.75 bits per heavy atom. The monoisotopic (exact) mass is 602 g/mol. The van der Waals surface area contributed by atoms with Gasteiger partial charge in [-0.25, -0.2) is 4.99 Å². The van der Waals surface area contributed by atoms with Gasteiger partial charge in [-0.05, 0) is 36.3 Å². The average Bonchev–Trinajstić information content (AvgIpc) is 3.67. The zero-order valence-electron chi connectivity index (χ0n) is 25.6. The first-order valence-corrected chi connectivity index (χ1v) is 15.3. The number of amides is 3. The van der Waals surface area contributed by atoms with Crippen LogP contribution in [0.3, 0.4) is 0 Å². The van der Waals surface area contributed by atoms with Crippen LogP contribution in [0.5, 0.6) is 0 Å². The zero-order valence-corrected chi connectivity index (χ0v) is 25.6. The Kier molecular flexibility index (Phi) is 9.80. The molecule has 2 aromatic carbocycles. The fourth-order valence-electron chi connectivity index (χ4n) is 6.34. The van der Waals surface area contributed by atoms with Crippen LogP contribution in [0.1, 0.15) is 50.7 Å². The predicted octanol–water partition coefficient (Wildman–Crippen LogP) is 3.16. The number of ether oxygens (including phenoxy) is 2. The molecule has 3 amide bonds. The van der Waals surface area contributed by atoms with Crippen molar-refractivity contribution >= 4 is 29.3 Å². The van der Waals surface area contributed by atoms with Crippen LogP contribution in [0.15, 0.2) is 71.9 Å². The molecule has 234 valence electrons. The highest BCUT2D eigenvalue weighted by molar-refractivity contribution is 6.00. The van der Waals surface area contributed by atoms with E-state index in [2.05, 4.69) is 5.32 Å². The summed E-state index contributed by atoms with van der Waals surface area (Å²) in [6.45, 7) is 3.68. The lowest BCUT2D eigenvalue weighted by Crippen LogP contribution is -2.58. The van der Waals surface area contributed by atoms with Gasteiger partial charge in [0.2, 0.25) is 11.8 Å². The molecule has 10 heteroatoms. The van der Waals surface area contributed by atoms with Crippen LogP contribution < -0.4 is 5.32 Å². The number of carbonyl (C=O) groups excluding carboxylic acids is 3. The van der Waals surface area contributed by atoms with E-state index < -0.39 is 24.1 Å². The maximum absolute atomic E-state index is 14.1. The summed E-state index contributed by atoms with van der Waals surface area (Å²) < 4.78 is 11.0.